The Morgan fingerprint density at radius 3 is 2.17 bits per heavy atom. The first-order valence-electron chi connectivity index (χ1n) is 14.6. The molecule has 3 amide bonds. The Hall–Kier alpha value is -2.65. The third-order valence-corrected chi connectivity index (χ3v) is 7.09. The lowest BCUT2D eigenvalue weighted by molar-refractivity contribution is -0.127. The zero-order chi connectivity index (χ0) is 30.5. The number of aliphatic hydroxyl groups excluding tert-OH is 2. The lowest BCUT2D eigenvalue weighted by Gasteiger charge is -2.33. The van der Waals surface area contributed by atoms with Crippen molar-refractivity contribution in [2.45, 2.75) is 105 Å². The van der Waals surface area contributed by atoms with Crippen molar-refractivity contribution in [3.05, 3.63) is 35.4 Å². The van der Waals surface area contributed by atoms with Crippen LogP contribution >= 0.6 is 0 Å². The molecule has 0 aliphatic rings. The number of alkyl carbamates (subject to hydrolysis) is 1. The van der Waals surface area contributed by atoms with Crippen molar-refractivity contribution >= 4 is 17.9 Å². The molecule has 0 aromatic heterocycles. The molecule has 0 radical (unpaired) electrons. The summed E-state index contributed by atoms with van der Waals surface area (Å²) < 4.78 is 5.47. The Labute approximate surface area is 240 Å². The van der Waals surface area contributed by atoms with Crippen molar-refractivity contribution in [3.8, 4) is 0 Å². The van der Waals surface area contributed by atoms with Crippen LogP contribution in [0.5, 0.6) is 0 Å². The lowest BCUT2D eigenvalue weighted by atomic mass is 9.82. The van der Waals surface area contributed by atoms with Crippen LogP contribution in [0.25, 0.3) is 0 Å². The first-order valence-corrected chi connectivity index (χ1v) is 14.6. The summed E-state index contributed by atoms with van der Waals surface area (Å²) >= 11 is 0. The zero-order valence-electron chi connectivity index (χ0n) is 25.8. The Bertz CT molecular complexity index is 928. The fourth-order valence-electron chi connectivity index (χ4n) is 4.51. The van der Waals surface area contributed by atoms with Gasteiger partial charge in [0.05, 0.1) is 18.8 Å². The summed E-state index contributed by atoms with van der Waals surface area (Å²) in [5.41, 5.74) is 0.229. The largest absolute Gasteiger partial charge is 0.444 e. The number of unbranched alkanes of at least 4 members (excludes halogenated alkanes) is 1. The van der Waals surface area contributed by atoms with Crippen molar-refractivity contribution in [1.29, 1.82) is 0 Å². The molecule has 9 nitrogen and oxygen atoms in total. The second-order valence-corrected chi connectivity index (χ2v) is 12.3. The standard InChI is InChI=1S/C31H53N3O6/c1-9-10-15-32-29(38)25(21(4)5)17-27(36)26(34-30(39)40-31(6,7)8)16-23(20(2)3)18-33-28(37)24-14-12-11-13-22(24)19-35/h11-14,20-21,23,25-27,35-36H,9-10,15-19H2,1-8H3,(H,32,38)(H,33,37)(H,34,39). The van der Waals surface area contributed by atoms with E-state index in [2.05, 4.69) is 22.9 Å². The second kappa shape index (κ2) is 17.2. The number of benzene rings is 1. The Balaban J connectivity index is 3.10. The molecule has 4 unspecified atom stereocenters. The van der Waals surface area contributed by atoms with Gasteiger partial charge in [0, 0.05) is 24.6 Å². The first-order chi connectivity index (χ1) is 18.7. The average molecular weight is 564 g/mol. The average Bonchev–Trinajstić information content (AvgIpc) is 2.87. The van der Waals surface area contributed by atoms with Gasteiger partial charge in [-0.05, 0) is 69.4 Å². The molecule has 0 aliphatic heterocycles. The number of rotatable bonds is 16. The van der Waals surface area contributed by atoms with E-state index >= 15 is 0 Å². The van der Waals surface area contributed by atoms with E-state index < -0.39 is 29.8 Å². The molecule has 0 saturated heterocycles. The van der Waals surface area contributed by atoms with E-state index in [9.17, 15) is 24.6 Å². The predicted octanol–water partition coefficient (Wildman–Crippen LogP) is 4.40. The summed E-state index contributed by atoms with van der Waals surface area (Å²) in [7, 11) is 0. The van der Waals surface area contributed by atoms with E-state index in [1.807, 2.05) is 27.7 Å². The summed E-state index contributed by atoms with van der Waals surface area (Å²) in [5.74, 6) is -0.825. The number of ether oxygens (including phenoxy) is 1. The molecule has 5 N–H and O–H groups in total. The lowest BCUT2D eigenvalue weighted by Crippen LogP contribution is -2.49. The fourth-order valence-corrected chi connectivity index (χ4v) is 4.51. The van der Waals surface area contributed by atoms with E-state index in [0.717, 1.165) is 12.8 Å². The summed E-state index contributed by atoms with van der Waals surface area (Å²) in [5, 5.41) is 29.8. The molecule has 1 aromatic rings. The van der Waals surface area contributed by atoms with Gasteiger partial charge in [0.15, 0.2) is 0 Å². The van der Waals surface area contributed by atoms with Crippen molar-refractivity contribution in [3.63, 3.8) is 0 Å². The molecule has 9 heteroatoms. The van der Waals surface area contributed by atoms with Crippen molar-refractivity contribution in [1.82, 2.24) is 16.0 Å². The van der Waals surface area contributed by atoms with Crippen LogP contribution in [-0.2, 0) is 16.1 Å². The van der Waals surface area contributed by atoms with E-state index in [1.165, 1.54) is 0 Å². The van der Waals surface area contributed by atoms with Crippen molar-refractivity contribution in [2.75, 3.05) is 13.1 Å². The minimum atomic E-state index is -1.01. The number of hydrogen-bond donors (Lipinski definition) is 5. The second-order valence-electron chi connectivity index (χ2n) is 12.3. The minimum Gasteiger partial charge on any atom is -0.444 e. The van der Waals surface area contributed by atoms with E-state index in [-0.39, 0.29) is 42.6 Å². The quantitative estimate of drug-likeness (QED) is 0.189. The molecule has 40 heavy (non-hydrogen) atoms. The van der Waals surface area contributed by atoms with Crippen LogP contribution in [0, 0.1) is 23.7 Å². The van der Waals surface area contributed by atoms with Gasteiger partial charge in [0.25, 0.3) is 5.91 Å². The molecule has 0 fully saturated rings. The summed E-state index contributed by atoms with van der Waals surface area (Å²) in [6, 6.07) is 6.18. The van der Waals surface area contributed by atoms with E-state index in [0.29, 0.717) is 30.6 Å². The summed E-state index contributed by atoms with van der Waals surface area (Å²) in [6.07, 6.45) is 0.735. The molecule has 0 bridgehead atoms. The fraction of sp³-hybridized carbons (Fsp3) is 0.710. The monoisotopic (exact) mass is 563 g/mol. The smallest absolute Gasteiger partial charge is 0.407 e. The molecule has 0 heterocycles. The number of hydrogen-bond acceptors (Lipinski definition) is 6. The van der Waals surface area contributed by atoms with Gasteiger partial charge in [-0.3, -0.25) is 9.59 Å². The SMILES string of the molecule is CCCCNC(=O)C(CC(O)C(CC(CNC(=O)c1ccccc1CO)C(C)C)NC(=O)OC(C)(C)C)C(C)C. The van der Waals surface area contributed by atoms with Crippen LogP contribution in [0.4, 0.5) is 4.79 Å². The van der Waals surface area contributed by atoms with Gasteiger partial charge in [-0.15, -0.1) is 0 Å². The Morgan fingerprint density at radius 2 is 1.62 bits per heavy atom. The third-order valence-electron chi connectivity index (χ3n) is 7.09. The van der Waals surface area contributed by atoms with Gasteiger partial charge in [0.1, 0.15) is 5.60 Å². The first kappa shape index (κ1) is 35.4. The van der Waals surface area contributed by atoms with Gasteiger partial charge >= 0.3 is 6.09 Å². The highest BCUT2D eigenvalue weighted by molar-refractivity contribution is 5.95. The van der Waals surface area contributed by atoms with E-state index in [4.69, 9.17) is 4.74 Å². The summed E-state index contributed by atoms with van der Waals surface area (Å²) in [4.78, 5) is 38.6. The van der Waals surface area contributed by atoms with Crippen LogP contribution in [0.1, 0.15) is 97.0 Å². The molecule has 1 aromatic carbocycles. The molecule has 0 aliphatic carbocycles. The Morgan fingerprint density at radius 1 is 0.975 bits per heavy atom. The molecule has 0 saturated carbocycles. The maximum atomic E-state index is 12.9. The predicted molar refractivity (Wildman–Crippen MR) is 158 cm³/mol. The molecular formula is C31H53N3O6. The van der Waals surface area contributed by atoms with E-state index in [1.54, 1.807) is 45.0 Å². The maximum absolute atomic E-state index is 12.9. The van der Waals surface area contributed by atoms with Crippen molar-refractivity contribution in [2.24, 2.45) is 23.7 Å². The number of amides is 3. The van der Waals surface area contributed by atoms with Crippen molar-refractivity contribution < 1.29 is 29.3 Å². The molecule has 1 rings (SSSR count). The molecular weight excluding hydrogens is 510 g/mol. The van der Waals surface area contributed by atoms with Gasteiger partial charge in [-0.1, -0.05) is 59.2 Å². The van der Waals surface area contributed by atoms with Crippen LogP contribution < -0.4 is 16.0 Å². The van der Waals surface area contributed by atoms with Gasteiger partial charge < -0.3 is 30.9 Å². The van der Waals surface area contributed by atoms with Crippen LogP contribution in [0.3, 0.4) is 0 Å². The number of carbonyl (C=O) groups excluding carboxylic acids is 3. The molecule has 4 atom stereocenters. The topological polar surface area (TPSA) is 137 Å². The third kappa shape index (κ3) is 12.7. The normalized spacial score (nSPS) is 14.8. The molecule has 0 spiro atoms. The highest BCUT2D eigenvalue weighted by Crippen LogP contribution is 2.25. The molecule has 228 valence electrons. The van der Waals surface area contributed by atoms with Gasteiger partial charge in [-0.25, -0.2) is 4.79 Å². The van der Waals surface area contributed by atoms with Crippen LogP contribution in [0.2, 0.25) is 0 Å². The van der Waals surface area contributed by atoms with Gasteiger partial charge in [-0.2, -0.15) is 0 Å². The highest BCUT2D eigenvalue weighted by Gasteiger charge is 2.33. The van der Waals surface area contributed by atoms with Crippen LogP contribution in [0.15, 0.2) is 24.3 Å². The number of aliphatic hydroxyl groups is 2. The summed E-state index contributed by atoms with van der Waals surface area (Å²) in [6.45, 7) is 16.0. The Kier molecular flexibility index (Phi) is 15.2. The minimum absolute atomic E-state index is 0.00905. The van der Waals surface area contributed by atoms with Crippen LogP contribution in [-0.4, -0.2) is 59.0 Å². The number of carbonyl (C=O) groups is 3. The van der Waals surface area contributed by atoms with Gasteiger partial charge in [0.2, 0.25) is 5.91 Å². The zero-order valence-corrected chi connectivity index (χ0v) is 25.8. The maximum Gasteiger partial charge on any atom is 0.407 e. The number of nitrogens with one attached hydrogen (secondary N) is 3. The highest BCUT2D eigenvalue weighted by atomic mass is 16.6.